The number of aliphatic carboxylic acids is 1. The maximum absolute atomic E-state index is 12.3. The van der Waals surface area contributed by atoms with Gasteiger partial charge in [-0.05, 0) is 36.8 Å². The molecule has 2 aliphatic rings. The van der Waals surface area contributed by atoms with Crippen LogP contribution in [0.25, 0.3) is 0 Å². The van der Waals surface area contributed by atoms with Crippen molar-refractivity contribution in [3.8, 4) is 0 Å². The molecule has 0 aliphatic carbocycles. The molecular weight excluding hydrogens is 242 g/mol. The number of amides is 1. The van der Waals surface area contributed by atoms with Crippen LogP contribution in [0.5, 0.6) is 0 Å². The first kappa shape index (κ1) is 12.2. The fourth-order valence-electron chi connectivity index (χ4n) is 3.35. The van der Waals surface area contributed by atoms with Gasteiger partial charge in [-0.3, -0.25) is 4.79 Å². The maximum atomic E-state index is 12.3. The fourth-order valence-corrected chi connectivity index (χ4v) is 3.35. The molecule has 0 bridgehead atoms. The zero-order valence-electron chi connectivity index (χ0n) is 10.7. The van der Waals surface area contributed by atoms with E-state index in [-0.39, 0.29) is 11.9 Å². The molecule has 0 spiro atoms. The molecule has 100 valence electrons. The quantitative estimate of drug-likeness (QED) is 0.840. The molecule has 2 heterocycles. The summed E-state index contributed by atoms with van der Waals surface area (Å²) in [5.41, 5.74) is 2.33. The van der Waals surface area contributed by atoms with Gasteiger partial charge >= 0.3 is 5.97 Å². The monoisotopic (exact) mass is 259 g/mol. The number of piperidine rings is 1. The van der Waals surface area contributed by atoms with Gasteiger partial charge in [-0.2, -0.15) is 0 Å². The zero-order chi connectivity index (χ0) is 13.4. The van der Waals surface area contributed by atoms with E-state index in [9.17, 15) is 14.7 Å². The molecule has 2 unspecified atom stereocenters. The molecule has 4 nitrogen and oxygen atoms in total. The highest BCUT2D eigenvalue weighted by molar-refractivity contribution is 5.85. The lowest BCUT2D eigenvalue weighted by Gasteiger charge is -2.39. The van der Waals surface area contributed by atoms with E-state index in [1.54, 1.807) is 4.90 Å². The van der Waals surface area contributed by atoms with E-state index < -0.39 is 12.0 Å². The number of fused-ring (bicyclic) bond motifs is 3. The van der Waals surface area contributed by atoms with Gasteiger partial charge in [0.25, 0.3) is 0 Å². The number of carbonyl (C=O) groups is 2. The van der Waals surface area contributed by atoms with E-state index in [1.807, 2.05) is 18.2 Å². The normalized spacial score (nSPS) is 26.3. The summed E-state index contributed by atoms with van der Waals surface area (Å²) in [6.45, 7) is 0. The number of hydrogen-bond acceptors (Lipinski definition) is 2. The average molecular weight is 259 g/mol. The number of carboxylic acid groups (broad SMARTS) is 1. The van der Waals surface area contributed by atoms with Crippen LogP contribution in [-0.2, 0) is 16.0 Å². The molecule has 2 atom stereocenters. The Morgan fingerprint density at radius 3 is 2.79 bits per heavy atom. The van der Waals surface area contributed by atoms with E-state index >= 15 is 0 Å². The minimum Gasteiger partial charge on any atom is -0.480 e. The van der Waals surface area contributed by atoms with Crippen LogP contribution in [0.2, 0.25) is 0 Å². The summed E-state index contributed by atoms with van der Waals surface area (Å²) in [6, 6.07) is 7.33. The summed E-state index contributed by atoms with van der Waals surface area (Å²) >= 11 is 0. The maximum Gasteiger partial charge on any atom is 0.326 e. The highest BCUT2D eigenvalue weighted by Crippen LogP contribution is 2.38. The first-order valence-electron chi connectivity index (χ1n) is 6.80. The van der Waals surface area contributed by atoms with Crippen molar-refractivity contribution in [1.82, 2.24) is 4.90 Å². The van der Waals surface area contributed by atoms with Crippen molar-refractivity contribution in [3.05, 3.63) is 35.4 Å². The first-order valence-corrected chi connectivity index (χ1v) is 6.80. The number of benzene rings is 1. The van der Waals surface area contributed by atoms with Crippen LogP contribution in [0, 0.1) is 0 Å². The summed E-state index contributed by atoms with van der Waals surface area (Å²) < 4.78 is 0. The summed E-state index contributed by atoms with van der Waals surface area (Å²) in [4.78, 5) is 25.3. The van der Waals surface area contributed by atoms with Gasteiger partial charge in [0.15, 0.2) is 0 Å². The van der Waals surface area contributed by atoms with Gasteiger partial charge < -0.3 is 10.0 Å². The van der Waals surface area contributed by atoms with Crippen molar-refractivity contribution < 1.29 is 14.7 Å². The molecule has 0 saturated carbocycles. The van der Waals surface area contributed by atoms with Crippen LogP contribution in [0.15, 0.2) is 24.3 Å². The summed E-state index contributed by atoms with van der Waals surface area (Å²) in [7, 11) is 0. The number of aryl methyl sites for hydroxylation is 1. The first-order chi connectivity index (χ1) is 9.18. The van der Waals surface area contributed by atoms with Crippen LogP contribution in [-0.4, -0.2) is 27.9 Å². The highest BCUT2D eigenvalue weighted by atomic mass is 16.4. The van der Waals surface area contributed by atoms with Crippen LogP contribution in [0.4, 0.5) is 0 Å². The van der Waals surface area contributed by atoms with Gasteiger partial charge in [0.1, 0.15) is 6.04 Å². The lowest BCUT2D eigenvalue weighted by atomic mass is 9.89. The van der Waals surface area contributed by atoms with E-state index in [4.69, 9.17) is 0 Å². The Balaban J connectivity index is 2.06. The molecule has 19 heavy (non-hydrogen) atoms. The summed E-state index contributed by atoms with van der Waals surface area (Å²) in [6.07, 6.45) is 3.43. The van der Waals surface area contributed by atoms with Gasteiger partial charge in [-0.1, -0.05) is 24.3 Å². The second-order valence-electron chi connectivity index (χ2n) is 5.30. The van der Waals surface area contributed by atoms with E-state index in [0.717, 1.165) is 18.4 Å². The molecule has 4 heteroatoms. The largest absolute Gasteiger partial charge is 0.480 e. The summed E-state index contributed by atoms with van der Waals surface area (Å²) in [5.74, 6) is -0.897. The molecule has 1 aromatic carbocycles. The van der Waals surface area contributed by atoms with Crippen molar-refractivity contribution >= 4 is 11.9 Å². The van der Waals surface area contributed by atoms with Crippen LogP contribution in [0.3, 0.4) is 0 Å². The fraction of sp³-hybridized carbons (Fsp3) is 0.467. The molecule has 3 rings (SSSR count). The Bertz CT molecular complexity index is 526. The van der Waals surface area contributed by atoms with Gasteiger partial charge in [-0.15, -0.1) is 0 Å². The van der Waals surface area contributed by atoms with Crippen LogP contribution < -0.4 is 0 Å². The number of hydrogen-bond donors (Lipinski definition) is 1. The Morgan fingerprint density at radius 2 is 2.00 bits per heavy atom. The van der Waals surface area contributed by atoms with E-state index in [0.29, 0.717) is 19.3 Å². The number of carboxylic acids is 1. The third kappa shape index (κ3) is 2.01. The number of rotatable bonds is 1. The third-order valence-corrected chi connectivity index (χ3v) is 4.22. The Labute approximate surface area is 112 Å². The Morgan fingerprint density at radius 1 is 1.21 bits per heavy atom. The lowest BCUT2D eigenvalue weighted by molar-refractivity contribution is -0.155. The van der Waals surface area contributed by atoms with Crippen LogP contribution >= 0.6 is 0 Å². The second-order valence-corrected chi connectivity index (χ2v) is 5.30. The van der Waals surface area contributed by atoms with Crippen LogP contribution in [0.1, 0.15) is 42.9 Å². The van der Waals surface area contributed by atoms with Crippen molar-refractivity contribution in [2.75, 3.05) is 0 Å². The molecule has 1 fully saturated rings. The standard InChI is InChI=1S/C15H17NO3/c17-14-9-8-10-4-1-2-5-11(10)12-6-3-7-13(15(18)19)16(12)14/h1-2,4-5,12-13H,3,6-9H2,(H,18,19). The lowest BCUT2D eigenvalue weighted by Crippen LogP contribution is -2.49. The average Bonchev–Trinajstić information content (AvgIpc) is 2.57. The predicted molar refractivity (Wildman–Crippen MR) is 69.6 cm³/mol. The molecule has 1 amide bonds. The molecule has 1 saturated heterocycles. The SMILES string of the molecule is O=C(O)C1CCCC2c3ccccc3CCC(=O)N12. The van der Waals surface area contributed by atoms with Crippen molar-refractivity contribution in [3.63, 3.8) is 0 Å². The minimum atomic E-state index is -0.877. The zero-order valence-corrected chi connectivity index (χ0v) is 10.7. The predicted octanol–water partition coefficient (Wildman–Crippen LogP) is 2.14. The minimum absolute atomic E-state index is 0.0201. The molecule has 0 radical (unpaired) electrons. The molecule has 2 aliphatic heterocycles. The Kier molecular flexibility index (Phi) is 3.01. The van der Waals surface area contributed by atoms with Crippen molar-refractivity contribution in [2.24, 2.45) is 0 Å². The van der Waals surface area contributed by atoms with Gasteiger partial charge in [0.2, 0.25) is 5.91 Å². The highest BCUT2D eigenvalue weighted by Gasteiger charge is 2.40. The molecule has 0 aromatic heterocycles. The van der Waals surface area contributed by atoms with Gasteiger partial charge in [0, 0.05) is 6.42 Å². The second kappa shape index (κ2) is 4.68. The third-order valence-electron chi connectivity index (χ3n) is 4.22. The number of nitrogens with zero attached hydrogens (tertiary/aromatic N) is 1. The van der Waals surface area contributed by atoms with Gasteiger partial charge in [0.05, 0.1) is 6.04 Å². The van der Waals surface area contributed by atoms with Crippen molar-refractivity contribution in [1.29, 1.82) is 0 Å². The smallest absolute Gasteiger partial charge is 0.326 e. The summed E-state index contributed by atoms with van der Waals surface area (Å²) in [5, 5.41) is 9.34. The topological polar surface area (TPSA) is 57.6 Å². The number of carbonyl (C=O) groups excluding carboxylic acids is 1. The van der Waals surface area contributed by atoms with E-state index in [1.165, 1.54) is 5.56 Å². The van der Waals surface area contributed by atoms with Crippen molar-refractivity contribution in [2.45, 2.75) is 44.2 Å². The van der Waals surface area contributed by atoms with E-state index in [2.05, 4.69) is 6.07 Å². The molecular formula is C15H17NO3. The molecule has 1 N–H and O–H groups in total. The Hall–Kier alpha value is -1.84. The molecule has 1 aromatic rings. The van der Waals surface area contributed by atoms with Gasteiger partial charge in [-0.25, -0.2) is 4.79 Å².